The average Bonchev–Trinajstić information content (AvgIpc) is 2.62. The minimum Gasteiger partial charge on any atom is -0.352 e. The summed E-state index contributed by atoms with van der Waals surface area (Å²) in [5.74, 6) is 0.792. The third-order valence-corrected chi connectivity index (χ3v) is 3.73. The van der Waals surface area contributed by atoms with E-state index in [0.29, 0.717) is 18.2 Å². The molecule has 1 saturated heterocycles. The molecule has 1 aromatic heterocycles. The van der Waals surface area contributed by atoms with Crippen LogP contribution in [0, 0.1) is 0 Å². The van der Waals surface area contributed by atoms with Gasteiger partial charge in [0, 0.05) is 18.5 Å². The third kappa shape index (κ3) is 3.53. The van der Waals surface area contributed by atoms with Crippen LogP contribution < -0.4 is 4.90 Å². The van der Waals surface area contributed by atoms with Crippen molar-refractivity contribution in [3.63, 3.8) is 0 Å². The molecule has 0 aliphatic carbocycles. The number of rotatable bonds is 2. The molecule has 0 aromatic carbocycles. The molecule has 2 heterocycles. The van der Waals surface area contributed by atoms with Crippen LogP contribution in [0.25, 0.3) is 0 Å². The number of alkyl halides is 4. The van der Waals surface area contributed by atoms with Crippen molar-refractivity contribution in [3.8, 4) is 0 Å². The summed E-state index contributed by atoms with van der Waals surface area (Å²) in [6.45, 7) is 0.714. The molecule has 19 heavy (non-hydrogen) atoms. The van der Waals surface area contributed by atoms with Crippen molar-refractivity contribution in [1.82, 2.24) is 4.98 Å². The van der Waals surface area contributed by atoms with Gasteiger partial charge in [0.25, 0.3) is 0 Å². The van der Waals surface area contributed by atoms with E-state index < -0.39 is 11.9 Å². The summed E-state index contributed by atoms with van der Waals surface area (Å²) in [7, 11) is 0. The number of aromatic nitrogens is 1. The molecule has 0 bridgehead atoms. The second-order valence-corrected chi connectivity index (χ2v) is 5.04. The van der Waals surface area contributed by atoms with Crippen LogP contribution in [0.4, 0.5) is 19.0 Å². The van der Waals surface area contributed by atoms with Gasteiger partial charge in [0.2, 0.25) is 0 Å². The lowest BCUT2D eigenvalue weighted by Gasteiger charge is -2.30. The summed E-state index contributed by atoms with van der Waals surface area (Å²) in [6, 6.07) is 4.10. The molecule has 1 atom stereocenters. The highest BCUT2D eigenvalue weighted by Gasteiger charge is 2.33. The number of hydrogen-bond donors (Lipinski definition) is 0. The van der Waals surface area contributed by atoms with Crippen LogP contribution in [0.15, 0.2) is 18.2 Å². The highest BCUT2D eigenvalue weighted by molar-refractivity contribution is 6.18. The number of hydrogen-bond acceptors (Lipinski definition) is 2. The highest BCUT2D eigenvalue weighted by atomic mass is 35.5. The average molecular weight is 293 g/mol. The molecule has 0 radical (unpaired) electrons. The lowest BCUT2D eigenvalue weighted by atomic mass is 10.1. The van der Waals surface area contributed by atoms with Crippen molar-refractivity contribution in [3.05, 3.63) is 23.9 Å². The smallest absolute Gasteiger partial charge is 0.352 e. The first-order chi connectivity index (χ1) is 9.02. The van der Waals surface area contributed by atoms with E-state index in [1.54, 1.807) is 6.07 Å². The predicted molar refractivity (Wildman–Crippen MR) is 69.6 cm³/mol. The summed E-state index contributed by atoms with van der Waals surface area (Å²) < 4.78 is 38.1. The Morgan fingerprint density at radius 1 is 1.26 bits per heavy atom. The topological polar surface area (TPSA) is 16.1 Å². The molecule has 0 saturated carbocycles. The van der Waals surface area contributed by atoms with E-state index in [1.165, 1.54) is 6.07 Å². The molecule has 106 valence electrons. The number of nitrogens with zero attached hydrogens (tertiary/aromatic N) is 2. The molecule has 6 heteroatoms. The van der Waals surface area contributed by atoms with Crippen molar-refractivity contribution < 1.29 is 13.2 Å². The van der Waals surface area contributed by atoms with Crippen molar-refractivity contribution in [2.45, 2.75) is 37.9 Å². The van der Waals surface area contributed by atoms with Gasteiger partial charge in [-0.1, -0.05) is 18.9 Å². The normalized spacial score (nSPS) is 21.3. The van der Waals surface area contributed by atoms with Crippen LogP contribution in [0.5, 0.6) is 0 Å². The largest absolute Gasteiger partial charge is 0.433 e. The highest BCUT2D eigenvalue weighted by Crippen LogP contribution is 2.30. The quantitative estimate of drug-likeness (QED) is 0.763. The standard InChI is InChI=1S/C13H16ClF3N2/c14-9-10-5-2-1-3-8-19(10)12-7-4-6-11(18-12)13(15,16)17/h4,6-7,10H,1-3,5,8-9H2. The first-order valence-electron chi connectivity index (χ1n) is 6.39. The lowest BCUT2D eigenvalue weighted by molar-refractivity contribution is -0.141. The van der Waals surface area contributed by atoms with E-state index in [-0.39, 0.29) is 6.04 Å². The minimum absolute atomic E-state index is 0.0696. The van der Waals surface area contributed by atoms with Crippen LogP contribution in [-0.4, -0.2) is 23.5 Å². The summed E-state index contributed by atoms with van der Waals surface area (Å²) in [6.07, 6.45) is -0.388. The predicted octanol–water partition coefficient (Wildman–Crippen LogP) is 4.09. The van der Waals surface area contributed by atoms with E-state index in [0.717, 1.165) is 31.7 Å². The molecular weight excluding hydrogens is 277 g/mol. The van der Waals surface area contributed by atoms with Gasteiger partial charge in [0.15, 0.2) is 0 Å². The van der Waals surface area contributed by atoms with Gasteiger partial charge in [-0.3, -0.25) is 0 Å². The number of pyridine rings is 1. The van der Waals surface area contributed by atoms with Crippen molar-refractivity contribution >= 4 is 17.4 Å². The van der Waals surface area contributed by atoms with E-state index in [2.05, 4.69) is 4.98 Å². The summed E-state index contributed by atoms with van der Waals surface area (Å²) >= 11 is 5.94. The Morgan fingerprint density at radius 2 is 2.05 bits per heavy atom. The SMILES string of the molecule is FC(F)(F)c1cccc(N2CCCCCC2CCl)n1. The Balaban J connectivity index is 2.28. The number of anilines is 1. The Bertz CT molecular complexity index is 423. The fourth-order valence-corrected chi connectivity index (χ4v) is 2.70. The number of halogens is 4. The van der Waals surface area contributed by atoms with Gasteiger partial charge in [-0.2, -0.15) is 13.2 Å². The molecule has 0 spiro atoms. The van der Waals surface area contributed by atoms with Crippen molar-refractivity contribution in [2.75, 3.05) is 17.3 Å². The summed E-state index contributed by atoms with van der Waals surface area (Å²) in [4.78, 5) is 5.66. The van der Waals surface area contributed by atoms with Gasteiger partial charge in [0.05, 0.1) is 0 Å². The van der Waals surface area contributed by atoms with Gasteiger partial charge in [0.1, 0.15) is 11.5 Å². The van der Waals surface area contributed by atoms with Crippen molar-refractivity contribution in [2.24, 2.45) is 0 Å². The Kier molecular flexibility index (Phi) is 4.55. The maximum absolute atomic E-state index is 12.7. The van der Waals surface area contributed by atoms with Crippen LogP contribution in [0.1, 0.15) is 31.4 Å². The van der Waals surface area contributed by atoms with E-state index in [4.69, 9.17) is 11.6 Å². The molecule has 2 nitrogen and oxygen atoms in total. The molecule has 0 N–H and O–H groups in total. The second kappa shape index (κ2) is 5.99. The monoisotopic (exact) mass is 292 g/mol. The van der Waals surface area contributed by atoms with Gasteiger partial charge >= 0.3 is 6.18 Å². The molecule has 2 rings (SSSR count). The molecule has 1 unspecified atom stereocenters. The zero-order chi connectivity index (χ0) is 13.9. The summed E-state index contributed by atoms with van der Waals surface area (Å²) in [5.41, 5.74) is -0.845. The Morgan fingerprint density at radius 3 is 2.74 bits per heavy atom. The fraction of sp³-hybridized carbons (Fsp3) is 0.615. The molecule has 1 aliphatic rings. The zero-order valence-corrected chi connectivity index (χ0v) is 11.2. The maximum atomic E-state index is 12.7. The molecule has 1 aliphatic heterocycles. The van der Waals surface area contributed by atoms with Crippen LogP contribution in [0.2, 0.25) is 0 Å². The zero-order valence-electron chi connectivity index (χ0n) is 10.5. The van der Waals surface area contributed by atoms with Gasteiger partial charge < -0.3 is 4.90 Å². The fourth-order valence-electron chi connectivity index (χ4n) is 2.38. The van der Waals surface area contributed by atoms with E-state index in [9.17, 15) is 13.2 Å². The maximum Gasteiger partial charge on any atom is 0.433 e. The van der Waals surface area contributed by atoms with Crippen LogP contribution in [-0.2, 0) is 6.18 Å². The lowest BCUT2D eigenvalue weighted by Crippen LogP contribution is -2.37. The Labute approximate surface area is 115 Å². The second-order valence-electron chi connectivity index (χ2n) is 4.73. The van der Waals surface area contributed by atoms with Gasteiger partial charge in [-0.05, 0) is 25.0 Å². The molecule has 1 aromatic rings. The first kappa shape index (κ1) is 14.4. The third-order valence-electron chi connectivity index (χ3n) is 3.37. The Hall–Kier alpha value is -0.970. The molecular formula is C13H16ClF3N2. The first-order valence-corrected chi connectivity index (χ1v) is 6.92. The van der Waals surface area contributed by atoms with Gasteiger partial charge in [-0.15, -0.1) is 11.6 Å². The van der Waals surface area contributed by atoms with E-state index in [1.807, 2.05) is 4.90 Å². The van der Waals surface area contributed by atoms with Gasteiger partial charge in [-0.25, -0.2) is 4.98 Å². The molecule has 1 fully saturated rings. The van der Waals surface area contributed by atoms with Crippen LogP contribution in [0.3, 0.4) is 0 Å². The van der Waals surface area contributed by atoms with Crippen LogP contribution >= 0.6 is 11.6 Å². The molecule has 0 amide bonds. The summed E-state index contributed by atoms with van der Waals surface area (Å²) in [5, 5.41) is 0. The minimum atomic E-state index is -4.40. The van der Waals surface area contributed by atoms with Crippen molar-refractivity contribution in [1.29, 1.82) is 0 Å². The van der Waals surface area contributed by atoms with E-state index >= 15 is 0 Å².